The van der Waals surface area contributed by atoms with Crippen molar-refractivity contribution >= 4 is 5.97 Å². The van der Waals surface area contributed by atoms with Crippen molar-refractivity contribution in [3.05, 3.63) is 36.2 Å². The smallest absolute Gasteiger partial charge is 0.328 e. The highest BCUT2D eigenvalue weighted by atomic mass is 16.5. The largest absolute Gasteiger partial charge is 0.508 e. The molecule has 3 rings (SSSR count). The number of nitrogens with zero attached hydrogens (tertiary/aromatic N) is 2. The van der Waals surface area contributed by atoms with Crippen molar-refractivity contribution in [3.8, 4) is 17.1 Å². The van der Waals surface area contributed by atoms with Gasteiger partial charge in [0.05, 0.1) is 7.11 Å². The minimum absolute atomic E-state index is 0.185. The van der Waals surface area contributed by atoms with Gasteiger partial charge in [0.2, 0.25) is 0 Å². The summed E-state index contributed by atoms with van der Waals surface area (Å²) in [5.41, 5.74) is 1.83. The molecular weight excluding hydrogens is 256 g/mol. The third kappa shape index (κ3) is 2.05. The van der Waals surface area contributed by atoms with Gasteiger partial charge in [-0.2, -0.15) is 0 Å². The fourth-order valence-corrected chi connectivity index (χ4v) is 2.75. The number of fused-ring (bicyclic) bond motifs is 1. The molecule has 1 unspecified atom stereocenters. The fourth-order valence-electron chi connectivity index (χ4n) is 2.75. The van der Waals surface area contributed by atoms with Crippen LogP contribution in [-0.4, -0.2) is 27.7 Å². The molecule has 0 spiro atoms. The Bertz CT molecular complexity index is 648. The Balaban J connectivity index is 2.10. The molecule has 2 heterocycles. The van der Waals surface area contributed by atoms with Crippen LogP contribution in [0.25, 0.3) is 11.4 Å². The normalized spacial score (nSPS) is 17.6. The number of phenols is 1. The van der Waals surface area contributed by atoms with E-state index < -0.39 is 0 Å². The van der Waals surface area contributed by atoms with E-state index in [0.29, 0.717) is 5.82 Å². The highest BCUT2D eigenvalue weighted by Gasteiger charge is 2.29. The molecule has 1 aromatic carbocycles. The van der Waals surface area contributed by atoms with Crippen molar-refractivity contribution < 1.29 is 14.6 Å². The Morgan fingerprint density at radius 2 is 2.35 bits per heavy atom. The molecule has 0 saturated carbocycles. The van der Waals surface area contributed by atoms with Crippen LogP contribution in [0.1, 0.15) is 24.6 Å². The maximum Gasteiger partial charge on any atom is 0.328 e. The summed E-state index contributed by atoms with van der Waals surface area (Å²) >= 11 is 0. The average Bonchev–Trinajstić information content (AvgIpc) is 2.90. The maximum absolute atomic E-state index is 12.0. The molecule has 0 bridgehead atoms. The summed E-state index contributed by atoms with van der Waals surface area (Å²) < 4.78 is 6.83. The van der Waals surface area contributed by atoms with Crippen LogP contribution in [0.3, 0.4) is 0 Å². The Kier molecular flexibility index (Phi) is 3.18. The summed E-state index contributed by atoms with van der Waals surface area (Å²) in [7, 11) is 1.40. The number of carbonyl (C=O) groups is 1. The number of carbonyl (C=O) groups excluding carboxylic acids is 1. The summed E-state index contributed by atoms with van der Waals surface area (Å²) in [5, 5.41) is 9.61. The zero-order valence-corrected chi connectivity index (χ0v) is 11.2. The van der Waals surface area contributed by atoms with Gasteiger partial charge in [-0.15, -0.1) is 0 Å². The highest BCUT2D eigenvalue weighted by Crippen LogP contribution is 2.32. The molecular formula is C15H16N2O3. The summed E-state index contributed by atoms with van der Waals surface area (Å²) in [6.07, 6.45) is 4.40. The molecule has 0 amide bonds. The highest BCUT2D eigenvalue weighted by molar-refractivity contribution is 5.76. The SMILES string of the molecule is COC(=O)C1CCCc2cnc(-c3cccc(O)c3)n21. The second-order valence-electron chi connectivity index (χ2n) is 4.92. The molecule has 1 N–H and O–H groups in total. The number of rotatable bonds is 2. The number of benzene rings is 1. The van der Waals surface area contributed by atoms with Crippen LogP contribution in [-0.2, 0) is 16.0 Å². The van der Waals surface area contributed by atoms with Gasteiger partial charge < -0.3 is 14.4 Å². The quantitative estimate of drug-likeness (QED) is 0.852. The van der Waals surface area contributed by atoms with Crippen LogP contribution in [0, 0.1) is 0 Å². The third-order valence-electron chi connectivity index (χ3n) is 3.67. The van der Waals surface area contributed by atoms with E-state index in [1.165, 1.54) is 7.11 Å². The molecule has 2 aromatic rings. The molecule has 0 fully saturated rings. The van der Waals surface area contributed by atoms with Crippen LogP contribution in [0.5, 0.6) is 5.75 Å². The number of imidazole rings is 1. The fraction of sp³-hybridized carbons (Fsp3) is 0.333. The lowest BCUT2D eigenvalue weighted by molar-refractivity contribution is -0.145. The van der Waals surface area contributed by atoms with E-state index >= 15 is 0 Å². The number of aromatic hydroxyl groups is 1. The zero-order valence-electron chi connectivity index (χ0n) is 11.2. The van der Waals surface area contributed by atoms with E-state index in [4.69, 9.17) is 4.74 Å². The predicted octanol–water partition coefficient (Wildman–Crippen LogP) is 2.31. The number of hydrogen-bond donors (Lipinski definition) is 1. The van der Waals surface area contributed by atoms with Crippen molar-refractivity contribution in [1.29, 1.82) is 0 Å². The molecule has 1 atom stereocenters. The van der Waals surface area contributed by atoms with E-state index in [9.17, 15) is 9.90 Å². The van der Waals surface area contributed by atoms with Crippen LogP contribution >= 0.6 is 0 Å². The van der Waals surface area contributed by atoms with Gasteiger partial charge in [0.25, 0.3) is 0 Å². The molecule has 20 heavy (non-hydrogen) atoms. The van der Waals surface area contributed by atoms with Gasteiger partial charge in [0, 0.05) is 17.5 Å². The molecule has 104 valence electrons. The first-order valence-corrected chi connectivity index (χ1v) is 6.64. The van der Waals surface area contributed by atoms with Crippen molar-refractivity contribution in [2.45, 2.75) is 25.3 Å². The first kappa shape index (κ1) is 12.7. The standard InChI is InChI=1S/C15H16N2O3/c1-20-15(19)13-7-3-5-11-9-16-14(17(11)13)10-4-2-6-12(18)8-10/h2,4,6,8-9,13,18H,3,5,7H2,1H3. The molecule has 0 saturated heterocycles. The van der Waals surface area contributed by atoms with Gasteiger partial charge in [-0.25, -0.2) is 9.78 Å². The third-order valence-corrected chi connectivity index (χ3v) is 3.67. The van der Waals surface area contributed by atoms with Crippen molar-refractivity contribution in [3.63, 3.8) is 0 Å². The minimum Gasteiger partial charge on any atom is -0.508 e. The number of methoxy groups -OCH3 is 1. The van der Waals surface area contributed by atoms with E-state index in [1.807, 2.05) is 10.6 Å². The number of phenolic OH excluding ortho intramolecular Hbond substituents is 1. The Morgan fingerprint density at radius 1 is 1.50 bits per heavy atom. The molecule has 1 aromatic heterocycles. The van der Waals surface area contributed by atoms with Crippen molar-refractivity contribution in [2.75, 3.05) is 7.11 Å². The molecule has 0 radical (unpaired) electrons. The Morgan fingerprint density at radius 3 is 3.10 bits per heavy atom. The topological polar surface area (TPSA) is 64.3 Å². The van der Waals surface area contributed by atoms with E-state index in [1.54, 1.807) is 24.4 Å². The maximum atomic E-state index is 12.0. The molecule has 5 nitrogen and oxygen atoms in total. The second-order valence-corrected chi connectivity index (χ2v) is 4.92. The second kappa shape index (κ2) is 5.00. The lowest BCUT2D eigenvalue weighted by atomic mass is 10.0. The van der Waals surface area contributed by atoms with E-state index in [0.717, 1.165) is 30.5 Å². The number of aryl methyl sites for hydroxylation is 1. The van der Waals surface area contributed by atoms with E-state index in [-0.39, 0.29) is 17.8 Å². The van der Waals surface area contributed by atoms with Gasteiger partial charge in [0.1, 0.15) is 17.6 Å². The monoisotopic (exact) mass is 272 g/mol. The van der Waals surface area contributed by atoms with E-state index in [2.05, 4.69) is 4.98 Å². The van der Waals surface area contributed by atoms with Gasteiger partial charge in [-0.3, -0.25) is 0 Å². The van der Waals surface area contributed by atoms with Gasteiger partial charge in [0.15, 0.2) is 0 Å². The first-order chi connectivity index (χ1) is 9.70. The van der Waals surface area contributed by atoms with Crippen LogP contribution < -0.4 is 0 Å². The summed E-state index contributed by atoms with van der Waals surface area (Å²) in [6, 6.07) is 6.57. The lowest BCUT2D eigenvalue weighted by Crippen LogP contribution is -2.26. The van der Waals surface area contributed by atoms with Crippen LogP contribution in [0.2, 0.25) is 0 Å². The summed E-state index contributed by atoms with van der Waals surface area (Å²) in [5.74, 6) is 0.640. The first-order valence-electron chi connectivity index (χ1n) is 6.64. The Hall–Kier alpha value is -2.30. The Labute approximate surface area is 116 Å². The van der Waals surface area contributed by atoms with Crippen molar-refractivity contribution in [2.24, 2.45) is 0 Å². The zero-order chi connectivity index (χ0) is 14.1. The molecule has 1 aliphatic heterocycles. The summed E-state index contributed by atoms with van der Waals surface area (Å²) in [4.78, 5) is 16.4. The van der Waals surface area contributed by atoms with Gasteiger partial charge in [-0.05, 0) is 31.4 Å². The predicted molar refractivity (Wildman–Crippen MR) is 73.3 cm³/mol. The molecule has 0 aliphatic carbocycles. The van der Waals surface area contributed by atoms with Crippen LogP contribution in [0.4, 0.5) is 0 Å². The number of ether oxygens (including phenoxy) is 1. The number of esters is 1. The molecule has 1 aliphatic rings. The minimum atomic E-state index is -0.330. The molecule has 5 heteroatoms. The lowest BCUT2D eigenvalue weighted by Gasteiger charge is -2.25. The number of aromatic nitrogens is 2. The van der Waals surface area contributed by atoms with Gasteiger partial charge in [-0.1, -0.05) is 12.1 Å². The van der Waals surface area contributed by atoms with Gasteiger partial charge >= 0.3 is 5.97 Å². The number of hydrogen-bond acceptors (Lipinski definition) is 4. The summed E-state index contributed by atoms with van der Waals surface area (Å²) in [6.45, 7) is 0. The van der Waals surface area contributed by atoms with Crippen molar-refractivity contribution in [1.82, 2.24) is 9.55 Å². The average molecular weight is 272 g/mol. The van der Waals surface area contributed by atoms with Crippen LogP contribution in [0.15, 0.2) is 30.5 Å².